The highest BCUT2D eigenvalue weighted by atomic mass is 16.5. The fourth-order valence-corrected chi connectivity index (χ4v) is 2.90. The number of aryl methyl sites for hydroxylation is 1. The van der Waals surface area contributed by atoms with Crippen LogP contribution in [0.1, 0.15) is 44.6 Å². The van der Waals surface area contributed by atoms with Crippen molar-refractivity contribution in [1.29, 1.82) is 0 Å². The van der Waals surface area contributed by atoms with Gasteiger partial charge in [-0.15, -0.1) is 0 Å². The van der Waals surface area contributed by atoms with E-state index in [9.17, 15) is 0 Å². The smallest absolute Gasteiger partial charge is 0.142 e. The second-order valence-electron chi connectivity index (χ2n) is 5.36. The molecular weight excluding hydrogens is 222 g/mol. The van der Waals surface area contributed by atoms with Crippen LogP contribution in [-0.4, -0.2) is 13.2 Å². The van der Waals surface area contributed by atoms with E-state index in [1.807, 2.05) is 7.05 Å². The van der Waals surface area contributed by atoms with E-state index in [1.54, 1.807) is 0 Å². The number of anilines is 1. The molecule has 0 aromatic heterocycles. The number of benzene rings is 1. The fraction of sp³-hybridized carbons (Fsp3) is 0.625. The van der Waals surface area contributed by atoms with Gasteiger partial charge >= 0.3 is 0 Å². The molecule has 0 aliphatic heterocycles. The third kappa shape index (κ3) is 2.98. The fourth-order valence-electron chi connectivity index (χ4n) is 2.90. The van der Waals surface area contributed by atoms with Gasteiger partial charge in [0, 0.05) is 7.05 Å². The van der Waals surface area contributed by atoms with E-state index in [-0.39, 0.29) is 0 Å². The summed E-state index contributed by atoms with van der Waals surface area (Å²) in [5, 5.41) is 3.23. The number of hydrogen-bond donors (Lipinski definition) is 1. The van der Waals surface area contributed by atoms with E-state index in [0.717, 1.165) is 17.4 Å². The number of hydrogen-bond acceptors (Lipinski definition) is 2. The molecule has 0 heterocycles. The van der Waals surface area contributed by atoms with Crippen LogP contribution in [0.2, 0.25) is 0 Å². The van der Waals surface area contributed by atoms with Crippen LogP contribution in [0.3, 0.4) is 0 Å². The first-order valence-corrected chi connectivity index (χ1v) is 7.19. The van der Waals surface area contributed by atoms with Gasteiger partial charge in [-0.05, 0) is 56.2 Å². The van der Waals surface area contributed by atoms with Crippen molar-refractivity contribution in [3.63, 3.8) is 0 Å². The van der Waals surface area contributed by atoms with E-state index in [1.165, 1.54) is 37.7 Å². The van der Waals surface area contributed by atoms with E-state index >= 15 is 0 Å². The molecule has 1 aromatic carbocycles. The minimum absolute atomic E-state index is 0.401. The average molecular weight is 247 g/mol. The first-order valence-electron chi connectivity index (χ1n) is 7.19. The molecule has 0 bridgehead atoms. The largest absolute Gasteiger partial charge is 0.488 e. The molecule has 2 atom stereocenters. The van der Waals surface area contributed by atoms with Gasteiger partial charge in [0.25, 0.3) is 0 Å². The number of nitrogens with one attached hydrogen (secondary N) is 1. The monoisotopic (exact) mass is 247 g/mol. The zero-order chi connectivity index (χ0) is 13.0. The number of rotatable bonds is 4. The Labute approximate surface area is 111 Å². The van der Waals surface area contributed by atoms with Gasteiger partial charge in [-0.1, -0.05) is 19.4 Å². The van der Waals surface area contributed by atoms with Crippen molar-refractivity contribution >= 4 is 5.69 Å². The highest BCUT2D eigenvalue weighted by Gasteiger charge is 2.25. The molecule has 18 heavy (non-hydrogen) atoms. The maximum Gasteiger partial charge on any atom is 0.142 e. The summed E-state index contributed by atoms with van der Waals surface area (Å²) < 4.78 is 6.27. The maximum atomic E-state index is 6.27. The second kappa shape index (κ2) is 6.12. The summed E-state index contributed by atoms with van der Waals surface area (Å²) in [7, 11) is 1.96. The molecular formula is C16H25NO. The van der Waals surface area contributed by atoms with Crippen LogP contribution >= 0.6 is 0 Å². The summed E-state index contributed by atoms with van der Waals surface area (Å²) in [5.74, 6) is 1.73. The van der Waals surface area contributed by atoms with Crippen molar-refractivity contribution in [2.24, 2.45) is 5.92 Å². The molecule has 0 saturated heterocycles. The van der Waals surface area contributed by atoms with Gasteiger partial charge in [0.15, 0.2) is 0 Å². The Morgan fingerprint density at radius 1 is 1.28 bits per heavy atom. The van der Waals surface area contributed by atoms with Crippen LogP contribution in [0.15, 0.2) is 18.2 Å². The van der Waals surface area contributed by atoms with Crippen molar-refractivity contribution in [3.8, 4) is 5.75 Å². The third-order valence-electron chi connectivity index (χ3n) is 4.05. The topological polar surface area (TPSA) is 21.3 Å². The van der Waals surface area contributed by atoms with Crippen LogP contribution in [0.5, 0.6) is 5.75 Å². The molecule has 0 spiro atoms. The summed E-state index contributed by atoms with van der Waals surface area (Å²) >= 11 is 0. The molecule has 2 rings (SSSR count). The zero-order valence-corrected chi connectivity index (χ0v) is 11.8. The van der Waals surface area contributed by atoms with Crippen LogP contribution in [-0.2, 0) is 0 Å². The average Bonchev–Trinajstić information content (AvgIpc) is 2.41. The van der Waals surface area contributed by atoms with E-state index < -0.39 is 0 Å². The summed E-state index contributed by atoms with van der Waals surface area (Å²) in [6.07, 6.45) is 6.83. The van der Waals surface area contributed by atoms with Crippen molar-refractivity contribution in [3.05, 3.63) is 23.8 Å². The molecule has 0 amide bonds. The van der Waals surface area contributed by atoms with Crippen LogP contribution in [0.4, 0.5) is 5.69 Å². The Hall–Kier alpha value is -1.18. The minimum atomic E-state index is 0.401. The summed E-state index contributed by atoms with van der Waals surface area (Å²) in [5.41, 5.74) is 2.37. The first kappa shape index (κ1) is 13.3. The van der Waals surface area contributed by atoms with Gasteiger partial charge < -0.3 is 10.1 Å². The lowest BCUT2D eigenvalue weighted by Crippen LogP contribution is -2.30. The Morgan fingerprint density at radius 2 is 2.06 bits per heavy atom. The van der Waals surface area contributed by atoms with Gasteiger partial charge in [-0.2, -0.15) is 0 Å². The number of ether oxygens (including phenoxy) is 1. The lowest BCUT2D eigenvalue weighted by atomic mass is 9.85. The predicted octanol–water partition coefficient (Wildman–Crippen LogP) is 4.38. The second-order valence-corrected chi connectivity index (χ2v) is 5.36. The third-order valence-corrected chi connectivity index (χ3v) is 4.05. The van der Waals surface area contributed by atoms with Crippen molar-refractivity contribution in [1.82, 2.24) is 0 Å². The molecule has 1 aromatic rings. The normalized spacial score (nSPS) is 23.7. The highest BCUT2D eigenvalue weighted by Crippen LogP contribution is 2.33. The molecule has 2 nitrogen and oxygen atoms in total. The van der Waals surface area contributed by atoms with Gasteiger partial charge in [-0.3, -0.25) is 0 Å². The zero-order valence-electron chi connectivity index (χ0n) is 11.8. The minimum Gasteiger partial charge on any atom is -0.488 e. The van der Waals surface area contributed by atoms with Gasteiger partial charge in [0.05, 0.1) is 5.69 Å². The first-order chi connectivity index (χ1) is 8.74. The van der Waals surface area contributed by atoms with E-state index in [0.29, 0.717) is 6.10 Å². The van der Waals surface area contributed by atoms with Crippen molar-refractivity contribution < 1.29 is 4.74 Å². The molecule has 0 radical (unpaired) electrons. The molecule has 2 unspecified atom stereocenters. The summed E-state index contributed by atoms with van der Waals surface area (Å²) in [4.78, 5) is 0. The SMILES string of the molecule is CCC1CCCCC1Oc1ccc(C)cc1NC. The Balaban J connectivity index is 2.12. The predicted molar refractivity (Wildman–Crippen MR) is 77.4 cm³/mol. The molecule has 1 aliphatic carbocycles. The molecule has 100 valence electrons. The summed E-state index contributed by atoms with van der Waals surface area (Å²) in [6.45, 7) is 4.39. The molecule has 1 fully saturated rings. The summed E-state index contributed by atoms with van der Waals surface area (Å²) in [6, 6.07) is 6.38. The van der Waals surface area contributed by atoms with E-state index in [2.05, 4.69) is 37.4 Å². The highest BCUT2D eigenvalue weighted by molar-refractivity contribution is 5.57. The molecule has 1 aliphatic rings. The maximum absolute atomic E-state index is 6.27. The van der Waals surface area contributed by atoms with E-state index in [4.69, 9.17) is 4.74 Å². The standard InChI is InChI=1S/C16H25NO/c1-4-13-7-5-6-8-15(13)18-16-10-9-12(2)11-14(16)17-3/h9-11,13,15,17H,4-8H2,1-3H3. The van der Waals surface area contributed by atoms with Crippen molar-refractivity contribution in [2.75, 3.05) is 12.4 Å². The molecule has 1 saturated carbocycles. The Kier molecular flexibility index (Phi) is 4.51. The van der Waals surface area contributed by atoms with Crippen LogP contribution in [0, 0.1) is 12.8 Å². The van der Waals surface area contributed by atoms with Crippen LogP contribution in [0.25, 0.3) is 0 Å². The van der Waals surface area contributed by atoms with Crippen molar-refractivity contribution in [2.45, 2.75) is 52.1 Å². The van der Waals surface area contributed by atoms with Gasteiger partial charge in [0.2, 0.25) is 0 Å². The Morgan fingerprint density at radius 3 is 2.78 bits per heavy atom. The van der Waals surface area contributed by atoms with Gasteiger partial charge in [-0.25, -0.2) is 0 Å². The lowest BCUT2D eigenvalue weighted by molar-refractivity contribution is 0.0910. The molecule has 1 N–H and O–H groups in total. The lowest BCUT2D eigenvalue weighted by Gasteiger charge is -2.31. The van der Waals surface area contributed by atoms with Crippen LogP contribution < -0.4 is 10.1 Å². The molecule has 2 heteroatoms. The quantitative estimate of drug-likeness (QED) is 0.852. The Bertz CT molecular complexity index is 389. The van der Waals surface area contributed by atoms with Gasteiger partial charge in [0.1, 0.15) is 11.9 Å².